The molecule has 1 aliphatic heterocycles. The second kappa shape index (κ2) is 5.69. The van der Waals surface area contributed by atoms with Gasteiger partial charge in [0.1, 0.15) is 0 Å². The second-order valence-corrected chi connectivity index (χ2v) is 5.78. The van der Waals surface area contributed by atoms with Gasteiger partial charge in [0.05, 0.1) is 15.7 Å². The van der Waals surface area contributed by atoms with Crippen molar-refractivity contribution in [2.24, 2.45) is 11.5 Å². The highest BCUT2D eigenvalue weighted by Gasteiger charge is 2.13. The molecule has 1 fully saturated rings. The van der Waals surface area contributed by atoms with Gasteiger partial charge in [-0.25, -0.2) is 0 Å². The zero-order chi connectivity index (χ0) is 8.81. The van der Waals surface area contributed by atoms with Gasteiger partial charge in [-0.1, -0.05) is 6.04 Å². The van der Waals surface area contributed by atoms with Crippen molar-refractivity contribution in [3.8, 4) is 0 Å². The van der Waals surface area contributed by atoms with Crippen molar-refractivity contribution >= 4 is 9.52 Å². The third-order valence-electron chi connectivity index (χ3n) is 2.34. The van der Waals surface area contributed by atoms with Crippen LogP contribution < -0.4 is 11.5 Å². The zero-order valence-electron chi connectivity index (χ0n) is 7.67. The first-order valence-electron chi connectivity index (χ1n) is 4.92. The molecule has 4 heteroatoms. The molecule has 0 bridgehead atoms. The van der Waals surface area contributed by atoms with Gasteiger partial charge in [-0.2, -0.15) is 0 Å². The van der Waals surface area contributed by atoms with Gasteiger partial charge in [0.25, 0.3) is 0 Å². The van der Waals surface area contributed by atoms with Crippen molar-refractivity contribution in [3.05, 3.63) is 0 Å². The smallest absolute Gasteiger partial charge is 0.0556 e. The Morgan fingerprint density at radius 1 is 1.42 bits per heavy atom. The van der Waals surface area contributed by atoms with Crippen LogP contribution >= 0.6 is 0 Å². The Hall–Kier alpha value is 0.0969. The van der Waals surface area contributed by atoms with Crippen molar-refractivity contribution in [2.75, 3.05) is 6.61 Å². The molecule has 4 N–H and O–H groups in total. The molecule has 0 radical (unpaired) electrons. The van der Waals surface area contributed by atoms with E-state index in [4.69, 9.17) is 16.2 Å². The minimum Gasteiger partial charge on any atom is -0.382 e. The van der Waals surface area contributed by atoms with Crippen LogP contribution in [0.15, 0.2) is 0 Å². The van der Waals surface area contributed by atoms with Crippen LogP contribution in [0.25, 0.3) is 0 Å². The minimum atomic E-state index is -0.110. The average molecular weight is 188 g/mol. The van der Waals surface area contributed by atoms with Gasteiger partial charge in [-0.05, 0) is 25.7 Å². The van der Waals surface area contributed by atoms with Crippen molar-refractivity contribution in [3.63, 3.8) is 0 Å². The topological polar surface area (TPSA) is 61.3 Å². The second-order valence-electron chi connectivity index (χ2n) is 3.58. The predicted molar refractivity (Wildman–Crippen MR) is 53.7 cm³/mol. The predicted octanol–water partition coefficient (Wildman–Crippen LogP) is -0.266. The number of ether oxygens (including phenoxy) is 1. The highest BCUT2D eigenvalue weighted by molar-refractivity contribution is 6.37. The van der Waals surface area contributed by atoms with Crippen LogP contribution in [0.2, 0.25) is 6.04 Å². The van der Waals surface area contributed by atoms with E-state index < -0.39 is 0 Å². The Kier molecular flexibility index (Phi) is 4.83. The summed E-state index contributed by atoms with van der Waals surface area (Å²) in [6, 6.07) is 1.24. The molecule has 0 amide bonds. The molecule has 0 aromatic heterocycles. The van der Waals surface area contributed by atoms with E-state index in [9.17, 15) is 0 Å². The lowest BCUT2D eigenvalue weighted by Gasteiger charge is -2.22. The van der Waals surface area contributed by atoms with E-state index in [1.165, 1.54) is 25.3 Å². The van der Waals surface area contributed by atoms with Crippen LogP contribution in [-0.4, -0.2) is 28.0 Å². The van der Waals surface area contributed by atoms with Gasteiger partial charge < -0.3 is 16.2 Å². The summed E-state index contributed by atoms with van der Waals surface area (Å²) in [5, 5.41) is 0. The average Bonchev–Trinajstić information content (AvgIpc) is 2.05. The summed E-state index contributed by atoms with van der Waals surface area (Å²) in [6.45, 7) is 0.979. The molecule has 0 spiro atoms. The molecule has 1 atom stereocenters. The molecule has 1 heterocycles. The molecule has 1 aliphatic rings. The number of rotatable bonds is 4. The number of nitrogens with two attached hydrogens (primary N) is 2. The summed E-state index contributed by atoms with van der Waals surface area (Å²) in [4.78, 5) is 0. The first kappa shape index (κ1) is 10.2. The van der Waals surface area contributed by atoms with Crippen LogP contribution in [0.3, 0.4) is 0 Å². The molecular weight excluding hydrogens is 168 g/mol. The Labute approximate surface area is 76.7 Å². The molecule has 12 heavy (non-hydrogen) atoms. The Morgan fingerprint density at radius 3 is 2.83 bits per heavy atom. The Balaban J connectivity index is 1.98. The number of hydrogen-bond donors (Lipinski definition) is 2. The van der Waals surface area contributed by atoms with Gasteiger partial charge in [-0.3, -0.25) is 0 Å². The molecule has 0 aromatic carbocycles. The van der Waals surface area contributed by atoms with E-state index in [1.54, 1.807) is 0 Å². The summed E-state index contributed by atoms with van der Waals surface area (Å²) in [5.41, 5.74) is 11.6. The number of hydrogen-bond acceptors (Lipinski definition) is 3. The largest absolute Gasteiger partial charge is 0.382 e. The molecule has 0 aromatic rings. The summed E-state index contributed by atoms with van der Waals surface area (Å²) in [5.74, 6) is 0. The fourth-order valence-electron chi connectivity index (χ4n) is 1.62. The third-order valence-corrected chi connectivity index (χ3v) is 4.44. The highest BCUT2D eigenvalue weighted by atomic mass is 28.2. The molecule has 0 saturated carbocycles. The van der Waals surface area contributed by atoms with Crippen molar-refractivity contribution in [2.45, 2.75) is 43.6 Å². The molecule has 72 valence electrons. The van der Waals surface area contributed by atoms with Gasteiger partial charge in [0.15, 0.2) is 0 Å². The quantitative estimate of drug-likeness (QED) is 0.472. The maximum absolute atomic E-state index is 5.64. The van der Waals surface area contributed by atoms with E-state index in [0.717, 1.165) is 13.0 Å². The maximum Gasteiger partial charge on any atom is 0.0556 e. The zero-order valence-corrected chi connectivity index (χ0v) is 9.08. The standard InChI is InChI=1S/C8H20N2OSi/c9-7(10)4-6-12-8-3-1-2-5-11-8/h7-8H,1-6,9-10,12H2. The lowest BCUT2D eigenvalue weighted by molar-refractivity contribution is 0.0649. The van der Waals surface area contributed by atoms with Gasteiger partial charge >= 0.3 is 0 Å². The lowest BCUT2D eigenvalue weighted by atomic mass is 10.2. The molecule has 1 saturated heterocycles. The molecule has 3 nitrogen and oxygen atoms in total. The molecular formula is C8H20N2OSi. The Bertz CT molecular complexity index is 116. The SMILES string of the molecule is NC(N)CC[SiH2]C1CCCCO1. The highest BCUT2D eigenvalue weighted by Crippen LogP contribution is 2.12. The Morgan fingerprint density at radius 2 is 2.25 bits per heavy atom. The van der Waals surface area contributed by atoms with Gasteiger partial charge in [0.2, 0.25) is 0 Å². The van der Waals surface area contributed by atoms with Gasteiger partial charge in [0, 0.05) is 12.3 Å². The fourth-order valence-corrected chi connectivity index (χ4v) is 3.69. The van der Waals surface area contributed by atoms with Crippen LogP contribution in [0.1, 0.15) is 25.7 Å². The van der Waals surface area contributed by atoms with Crippen molar-refractivity contribution in [1.82, 2.24) is 0 Å². The van der Waals surface area contributed by atoms with E-state index in [-0.39, 0.29) is 15.7 Å². The molecule has 1 unspecified atom stereocenters. The van der Waals surface area contributed by atoms with Crippen LogP contribution in [0.5, 0.6) is 0 Å². The lowest BCUT2D eigenvalue weighted by Crippen LogP contribution is -2.32. The summed E-state index contributed by atoms with van der Waals surface area (Å²) in [7, 11) is -0.0595. The third kappa shape index (κ3) is 4.20. The first-order chi connectivity index (χ1) is 5.79. The fraction of sp³-hybridized carbons (Fsp3) is 1.00. The van der Waals surface area contributed by atoms with Crippen molar-refractivity contribution < 1.29 is 4.74 Å². The summed E-state index contributed by atoms with van der Waals surface area (Å²) >= 11 is 0. The van der Waals surface area contributed by atoms with Crippen LogP contribution in [0.4, 0.5) is 0 Å². The minimum absolute atomic E-state index is 0.0595. The molecule has 1 rings (SSSR count). The first-order valence-corrected chi connectivity index (χ1v) is 6.73. The van der Waals surface area contributed by atoms with E-state index in [1.807, 2.05) is 0 Å². The summed E-state index contributed by atoms with van der Waals surface area (Å²) in [6.07, 6.45) is 4.76. The van der Waals surface area contributed by atoms with Crippen LogP contribution in [0, 0.1) is 0 Å². The monoisotopic (exact) mass is 188 g/mol. The van der Waals surface area contributed by atoms with Gasteiger partial charge in [-0.15, -0.1) is 0 Å². The maximum atomic E-state index is 5.64. The normalized spacial score (nSPS) is 25.8. The molecule has 0 aliphatic carbocycles. The van der Waals surface area contributed by atoms with Crippen molar-refractivity contribution in [1.29, 1.82) is 0 Å². The van der Waals surface area contributed by atoms with Crippen LogP contribution in [-0.2, 0) is 4.74 Å². The van der Waals surface area contributed by atoms with E-state index >= 15 is 0 Å². The van der Waals surface area contributed by atoms with E-state index in [2.05, 4.69) is 0 Å². The summed E-state index contributed by atoms with van der Waals surface area (Å²) < 4.78 is 5.64. The van der Waals surface area contributed by atoms with E-state index in [0.29, 0.717) is 5.73 Å².